The molecule has 26 heavy (non-hydrogen) atoms. The van der Waals surface area contributed by atoms with Crippen LogP contribution in [0.15, 0.2) is 18.2 Å². The summed E-state index contributed by atoms with van der Waals surface area (Å²) in [5.74, 6) is -0.0840. The SMILES string of the molecule is NCC(NCc1ccc2c(c1)CN(C1CCC(=O)NC1=O)C2=O)C1CC1. The molecule has 138 valence electrons. The molecule has 3 amide bonds. The number of carbonyl (C=O) groups excluding carboxylic acids is 3. The van der Waals surface area contributed by atoms with Crippen LogP contribution in [0.2, 0.25) is 0 Å². The van der Waals surface area contributed by atoms with E-state index in [1.165, 1.54) is 12.8 Å². The van der Waals surface area contributed by atoms with Crippen LogP contribution in [0.25, 0.3) is 0 Å². The van der Waals surface area contributed by atoms with Gasteiger partial charge in [-0.2, -0.15) is 0 Å². The molecule has 0 spiro atoms. The van der Waals surface area contributed by atoms with Gasteiger partial charge in [-0.25, -0.2) is 0 Å². The van der Waals surface area contributed by atoms with Crippen molar-refractivity contribution in [2.24, 2.45) is 11.7 Å². The van der Waals surface area contributed by atoms with Crippen LogP contribution >= 0.6 is 0 Å². The molecule has 0 bridgehead atoms. The second kappa shape index (κ2) is 6.81. The number of hydrogen-bond donors (Lipinski definition) is 3. The highest BCUT2D eigenvalue weighted by atomic mass is 16.2. The van der Waals surface area contributed by atoms with E-state index in [4.69, 9.17) is 5.73 Å². The fraction of sp³-hybridized carbons (Fsp3) is 0.526. The van der Waals surface area contributed by atoms with E-state index in [1.807, 2.05) is 18.2 Å². The normalized spacial score (nSPS) is 23.8. The molecule has 2 aliphatic heterocycles. The topological polar surface area (TPSA) is 105 Å². The van der Waals surface area contributed by atoms with Gasteiger partial charge in [-0.3, -0.25) is 19.7 Å². The molecule has 2 atom stereocenters. The maximum absolute atomic E-state index is 12.7. The molecule has 7 heteroatoms. The molecule has 2 unspecified atom stereocenters. The van der Waals surface area contributed by atoms with Gasteiger partial charge in [0.25, 0.3) is 5.91 Å². The lowest BCUT2D eigenvalue weighted by Gasteiger charge is -2.29. The fourth-order valence-corrected chi connectivity index (χ4v) is 3.93. The van der Waals surface area contributed by atoms with E-state index >= 15 is 0 Å². The lowest BCUT2D eigenvalue weighted by molar-refractivity contribution is -0.136. The number of piperidine rings is 1. The second-order valence-electron chi connectivity index (χ2n) is 7.45. The molecule has 1 aliphatic carbocycles. The zero-order chi connectivity index (χ0) is 18.3. The third-order valence-electron chi connectivity index (χ3n) is 5.60. The molecular weight excluding hydrogens is 332 g/mol. The Morgan fingerprint density at radius 2 is 2.04 bits per heavy atom. The summed E-state index contributed by atoms with van der Waals surface area (Å²) in [5.41, 5.74) is 8.53. The molecule has 1 aromatic rings. The number of carbonyl (C=O) groups is 3. The monoisotopic (exact) mass is 356 g/mol. The largest absolute Gasteiger partial charge is 0.329 e. The number of rotatable bonds is 6. The first-order chi connectivity index (χ1) is 12.6. The first kappa shape index (κ1) is 17.2. The highest BCUT2D eigenvalue weighted by Crippen LogP contribution is 2.32. The molecular formula is C19H24N4O3. The van der Waals surface area contributed by atoms with E-state index in [-0.39, 0.29) is 24.1 Å². The Balaban J connectivity index is 1.44. The summed E-state index contributed by atoms with van der Waals surface area (Å²) in [4.78, 5) is 37.7. The van der Waals surface area contributed by atoms with Crippen molar-refractivity contribution in [3.8, 4) is 0 Å². The van der Waals surface area contributed by atoms with Crippen LogP contribution in [0.1, 0.15) is 47.2 Å². The van der Waals surface area contributed by atoms with Gasteiger partial charge in [-0.1, -0.05) is 12.1 Å². The highest BCUT2D eigenvalue weighted by Gasteiger charge is 2.39. The van der Waals surface area contributed by atoms with Gasteiger partial charge >= 0.3 is 0 Å². The molecule has 4 rings (SSSR count). The molecule has 1 saturated carbocycles. The summed E-state index contributed by atoms with van der Waals surface area (Å²) >= 11 is 0. The average molecular weight is 356 g/mol. The number of nitrogens with one attached hydrogen (secondary N) is 2. The Hall–Kier alpha value is -2.25. The number of imide groups is 1. The van der Waals surface area contributed by atoms with Gasteiger partial charge in [0, 0.05) is 37.7 Å². The number of hydrogen-bond acceptors (Lipinski definition) is 5. The zero-order valence-electron chi connectivity index (χ0n) is 14.7. The van der Waals surface area contributed by atoms with Crippen molar-refractivity contribution >= 4 is 17.7 Å². The molecule has 0 radical (unpaired) electrons. The molecule has 0 aromatic heterocycles. The second-order valence-corrected chi connectivity index (χ2v) is 7.45. The summed E-state index contributed by atoms with van der Waals surface area (Å²) in [5, 5.41) is 5.84. The molecule has 1 saturated heterocycles. The quantitative estimate of drug-likeness (QED) is 0.635. The standard InChI is InChI=1S/C19H24N4O3/c20-8-15(12-2-3-12)21-9-11-1-4-14-13(7-11)10-23(19(14)26)16-5-6-17(24)22-18(16)25/h1,4,7,12,15-16,21H,2-3,5-6,8-10,20H2,(H,22,24,25). The van der Waals surface area contributed by atoms with Crippen LogP contribution in [-0.4, -0.2) is 41.2 Å². The van der Waals surface area contributed by atoms with Crippen molar-refractivity contribution in [1.29, 1.82) is 0 Å². The van der Waals surface area contributed by atoms with E-state index in [0.29, 0.717) is 37.0 Å². The smallest absolute Gasteiger partial charge is 0.255 e. The highest BCUT2D eigenvalue weighted by molar-refractivity contribution is 6.05. The van der Waals surface area contributed by atoms with Gasteiger partial charge < -0.3 is 16.0 Å². The van der Waals surface area contributed by atoms with Crippen molar-refractivity contribution in [2.45, 2.75) is 50.9 Å². The maximum atomic E-state index is 12.7. The van der Waals surface area contributed by atoms with Crippen LogP contribution in [0, 0.1) is 5.92 Å². The first-order valence-electron chi connectivity index (χ1n) is 9.26. The van der Waals surface area contributed by atoms with E-state index in [1.54, 1.807) is 4.90 Å². The predicted molar refractivity (Wildman–Crippen MR) is 94.9 cm³/mol. The molecule has 7 nitrogen and oxygen atoms in total. The van der Waals surface area contributed by atoms with Crippen molar-refractivity contribution in [3.63, 3.8) is 0 Å². The van der Waals surface area contributed by atoms with Crippen LogP contribution < -0.4 is 16.4 Å². The Labute approximate surface area is 152 Å². The first-order valence-corrected chi connectivity index (χ1v) is 9.26. The predicted octanol–water partition coefficient (Wildman–Crippen LogP) is 0.274. The van der Waals surface area contributed by atoms with Crippen molar-refractivity contribution in [2.75, 3.05) is 6.54 Å². The minimum atomic E-state index is -0.564. The van der Waals surface area contributed by atoms with Gasteiger partial charge in [-0.05, 0) is 42.4 Å². The zero-order valence-corrected chi connectivity index (χ0v) is 14.7. The maximum Gasteiger partial charge on any atom is 0.255 e. The molecule has 2 heterocycles. The van der Waals surface area contributed by atoms with Crippen LogP contribution in [0.4, 0.5) is 0 Å². The van der Waals surface area contributed by atoms with Crippen molar-refractivity contribution in [1.82, 2.24) is 15.5 Å². The number of nitrogens with two attached hydrogens (primary N) is 1. The van der Waals surface area contributed by atoms with Gasteiger partial charge in [0.05, 0.1) is 0 Å². The minimum absolute atomic E-state index is 0.133. The van der Waals surface area contributed by atoms with Gasteiger partial charge in [0.2, 0.25) is 11.8 Å². The van der Waals surface area contributed by atoms with Crippen LogP contribution in [-0.2, 0) is 22.7 Å². The summed E-state index contributed by atoms with van der Waals surface area (Å²) in [6, 6.07) is 5.62. The number of nitrogens with zero attached hydrogens (tertiary/aromatic N) is 1. The molecule has 2 fully saturated rings. The summed E-state index contributed by atoms with van der Waals surface area (Å²) in [6.45, 7) is 1.77. The summed E-state index contributed by atoms with van der Waals surface area (Å²) < 4.78 is 0. The molecule has 3 aliphatic rings. The minimum Gasteiger partial charge on any atom is -0.329 e. The Bertz CT molecular complexity index is 759. The average Bonchev–Trinajstić information content (AvgIpc) is 3.41. The molecule has 4 N–H and O–H groups in total. The van der Waals surface area contributed by atoms with Crippen LogP contribution in [0.5, 0.6) is 0 Å². The summed E-state index contributed by atoms with van der Waals surface area (Å²) in [7, 11) is 0. The lowest BCUT2D eigenvalue weighted by atomic mass is 10.0. The van der Waals surface area contributed by atoms with E-state index < -0.39 is 6.04 Å². The fourth-order valence-electron chi connectivity index (χ4n) is 3.93. The number of amides is 3. The number of fused-ring (bicyclic) bond motifs is 1. The third-order valence-corrected chi connectivity index (χ3v) is 5.60. The van der Waals surface area contributed by atoms with E-state index in [0.717, 1.165) is 17.7 Å². The molecule has 1 aromatic carbocycles. The van der Waals surface area contributed by atoms with Crippen molar-refractivity contribution < 1.29 is 14.4 Å². The van der Waals surface area contributed by atoms with E-state index in [9.17, 15) is 14.4 Å². The van der Waals surface area contributed by atoms with Gasteiger partial charge in [0.15, 0.2) is 0 Å². The van der Waals surface area contributed by atoms with E-state index in [2.05, 4.69) is 10.6 Å². The Morgan fingerprint density at radius 1 is 1.23 bits per heavy atom. The van der Waals surface area contributed by atoms with Crippen LogP contribution in [0.3, 0.4) is 0 Å². The Morgan fingerprint density at radius 3 is 2.73 bits per heavy atom. The third kappa shape index (κ3) is 3.24. The number of benzene rings is 1. The lowest BCUT2D eigenvalue weighted by Crippen LogP contribution is -2.52. The Kier molecular flexibility index (Phi) is 4.50. The summed E-state index contributed by atoms with van der Waals surface area (Å²) in [6.07, 6.45) is 3.15. The van der Waals surface area contributed by atoms with Gasteiger partial charge in [-0.15, -0.1) is 0 Å². The van der Waals surface area contributed by atoms with Crippen molar-refractivity contribution in [3.05, 3.63) is 34.9 Å². The van der Waals surface area contributed by atoms with Gasteiger partial charge in [0.1, 0.15) is 6.04 Å².